The number of ether oxygens (including phenoxy) is 5. The number of nitrogens with one attached hydrogen (secondary N) is 1. The number of unbranched alkanes of at least 4 members (excludes halogenated alkanes) is 2. The standard InChI is InChI=1S/C63H83N7O14/c1-8-11-12-14-43(29-46(72)35-81-34-45(71)15-13-25-80-26-24-68-32-44(66-67-68)21-23-55(73)42-19-17-41(18-20-42)31-70-56(74)28-40(7)59(70)76)58(75)65-53(38(4)5)37-83-62(79)84-63(10-3)51-30-54-57-49(33-69(54)60(77)50(51)36-82-61(63)78)47(9-2)48-27-39(6)16-22-52(48)64-57/h16,22,27,30,32,38,40-43,53H,8-15,17-21,23-26,28-29,31,33-37H2,1-7H3,(H,65,75). The number of likely N-dealkylation sites (tertiary alicyclic amines) is 1. The van der Waals surface area contributed by atoms with Crippen LogP contribution in [0.25, 0.3) is 22.3 Å². The molecule has 3 amide bonds. The number of ketones is 3. The highest BCUT2D eigenvalue weighted by atomic mass is 16.7. The highest BCUT2D eigenvalue weighted by molar-refractivity contribution is 6.03. The van der Waals surface area contributed by atoms with Gasteiger partial charge in [0.05, 0.1) is 53.9 Å². The van der Waals surface area contributed by atoms with Crippen LogP contribution in [0, 0.1) is 36.5 Å². The maximum absolute atomic E-state index is 14.2. The summed E-state index contributed by atoms with van der Waals surface area (Å²) >= 11 is 0. The van der Waals surface area contributed by atoms with E-state index in [9.17, 15) is 43.2 Å². The number of imide groups is 1. The largest absolute Gasteiger partial charge is 0.509 e. The van der Waals surface area contributed by atoms with Crippen molar-refractivity contribution in [2.75, 3.05) is 39.6 Å². The molecule has 21 nitrogen and oxygen atoms in total. The number of aryl methyl sites for hydroxylation is 3. The van der Waals surface area contributed by atoms with Crippen LogP contribution in [0.5, 0.6) is 0 Å². The van der Waals surface area contributed by atoms with Crippen molar-refractivity contribution in [1.82, 2.24) is 34.8 Å². The summed E-state index contributed by atoms with van der Waals surface area (Å²) in [5.41, 5.74) is 3.78. The van der Waals surface area contributed by atoms with Gasteiger partial charge >= 0.3 is 12.1 Å². The fourth-order valence-electron chi connectivity index (χ4n) is 12.1. The Labute approximate surface area is 490 Å². The molecule has 0 radical (unpaired) electrons. The summed E-state index contributed by atoms with van der Waals surface area (Å²) in [6, 6.07) is 7.05. The number of aromatic nitrogens is 5. The molecule has 84 heavy (non-hydrogen) atoms. The lowest BCUT2D eigenvalue weighted by atomic mass is 9.79. The molecule has 3 aliphatic heterocycles. The molecule has 4 unspecified atom stereocenters. The second-order valence-corrected chi connectivity index (χ2v) is 23.7. The van der Waals surface area contributed by atoms with E-state index in [1.165, 1.54) is 4.90 Å². The Morgan fingerprint density at radius 1 is 0.905 bits per heavy atom. The molecule has 6 heterocycles. The molecule has 21 heteroatoms. The van der Waals surface area contributed by atoms with Gasteiger partial charge in [-0.25, -0.2) is 19.3 Å². The SMILES string of the molecule is CCCCCC(CC(=O)COCC(=O)CCCOCCn1cc(CCC(=O)C2CCC(CN3C(=O)CC(C)C3=O)CC2)nn1)C(=O)NC(COC(=O)OC1(CC)C(=O)OCc2c1cc1n(c2=O)Cc2c-1nc1ccc(C)cc1c2CC)C(C)C. The van der Waals surface area contributed by atoms with Crippen LogP contribution < -0.4 is 10.9 Å². The maximum Gasteiger partial charge on any atom is 0.509 e. The summed E-state index contributed by atoms with van der Waals surface area (Å²) in [4.78, 5) is 126. The molecule has 1 saturated heterocycles. The van der Waals surface area contributed by atoms with Gasteiger partial charge in [-0.1, -0.05) is 77.6 Å². The molecule has 0 bridgehead atoms. The van der Waals surface area contributed by atoms with Gasteiger partial charge in [-0.05, 0) is 93.9 Å². The minimum atomic E-state index is -2.00. The van der Waals surface area contributed by atoms with Gasteiger partial charge in [0.1, 0.15) is 32.2 Å². The molecule has 4 aliphatic rings. The molecule has 8 rings (SSSR count). The fourth-order valence-corrected chi connectivity index (χ4v) is 12.1. The van der Waals surface area contributed by atoms with Crippen LogP contribution in [0.2, 0.25) is 0 Å². The van der Waals surface area contributed by atoms with Gasteiger partial charge in [0.2, 0.25) is 23.3 Å². The van der Waals surface area contributed by atoms with Crippen molar-refractivity contribution in [3.05, 3.63) is 74.3 Å². The average Bonchev–Trinajstić information content (AvgIpc) is 1.82. The maximum atomic E-state index is 14.2. The molecule has 1 saturated carbocycles. The van der Waals surface area contributed by atoms with Crippen LogP contribution in [-0.2, 0) is 95.4 Å². The Kier molecular flexibility index (Phi) is 21.6. The molecule has 1 aliphatic carbocycles. The Balaban J connectivity index is 0.741. The van der Waals surface area contributed by atoms with Gasteiger partial charge < -0.3 is 33.6 Å². The summed E-state index contributed by atoms with van der Waals surface area (Å²) in [5, 5.41) is 12.4. The van der Waals surface area contributed by atoms with Crippen LogP contribution in [0.4, 0.5) is 4.79 Å². The van der Waals surface area contributed by atoms with Gasteiger partial charge in [-0.2, -0.15) is 0 Å². The number of cyclic esters (lactones) is 1. The molecular weight excluding hydrogens is 1080 g/mol. The second-order valence-electron chi connectivity index (χ2n) is 23.7. The lowest BCUT2D eigenvalue weighted by molar-refractivity contribution is -0.175. The first-order valence-electron chi connectivity index (χ1n) is 30.3. The minimum absolute atomic E-state index is 0.0241. The predicted octanol–water partition coefficient (Wildman–Crippen LogP) is 7.79. The van der Waals surface area contributed by atoms with Crippen molar-refractivity contribution >= 4 is 58.1 Å². The van der Waals surface area contributed by atoms with Crippen LogP contribution in [0.15, 0.2) is 35.3 Å². The minimum Gasteiger partial charge on any atom is -0.457 e. The third-order valence-corrected chi connectivity index (χ3v) is 17.2. The Bertz CT molecular complexity index is 3160. The zero-order chi connectivity index (χ0) is 60.2. The molecular formula is C63H83N7O14. The molecule has 454 valence electrons. The van der Waals surface area contributed by atoms with Crippen LogP contribution >= 0.6 is 0 Å². The van der Waals surface area contributed by atoms with Gasteiger partial charge in [0.15, 0.2) is 11.6 Å². The van der Waals surface area contributed by atoms with Gasteiger partial charge in [-0.15, -0.1) is 5.10 Å². The second kappa shape index (κ2) is 28.7. The van der Waals surface area contributed by atoms with Gasteiger partial charge in [-0.3, -0.25) is 38.5 Å². The molecule has 4 aromatic rings. The molecule has 4 atom stereocenters. The van der Waals surface area contributed by atoms with E-state index in [0.717, 1.165) is 66.1 Å². The Morgan fingerprint density at radius 2 is 1.68 bits per heavy atom. The number of carbonyl (C=O) groups excluding carboxylic acids is 8. The number of Topliss-reactive ketones (excluding diaryl/α,β-unsaturated/α-hetero) is 3. The summed E-state index contributed by atoms with van der Waals surface area (Å²) in [6.45, 7) is 13.9. The van der Waals surface area contributed by atoms with Crippen molar-refractivity contribution in [3.8, 4) is 11.4 Å². The van der Waals surface area contributed by atoms with Crippen molar-refractivity contribution in [1.29, 1.82) is 0 Å². The van der Waals surface area contributed by atoms with Crippen molar-refractivity contribution in [2.24, 2.45) is 29.6 Å². The Hall–Kier alpha value is -7.00. The van der Waals surface area contributed by atoms with E-state index in [2.05, 4.69) is 28.6 Å². The number of amides is 3. The first kappa shape index (κ1) is 63.0. The molecule has 0 spiro atoms. The van der Waals surface area contributed by atoms with Crippen molar-refractivity contribution in [2.45, 2.75) is 183 Å². The van der Waals surface area contributed by atoms with E-state index in [1.54, 1.807) is 35.4 Å². The molecule has 2 fully saturated rings. The molecule has 1 aromatic carbocycles. The highest BCUT2D eigenvalue weighted by Gasteiger charge is 2.51. The number of esters is 1. The number of rotatable bonds is 31. The van der Waals surface area contributed by atoms with Gasteiger partial charge in [0.25, 0.3) is 5.56 Å². The first-order chi connectivity index (χ1) is 40.3. The lowest BCUT2D eigenvalue weighted by Crippen LogP contribution is -2.48. The van der Waals surface area contributed by atoms with Crippen molar-refractivity contribution in [3.63, 3.8) is 0 Å². The van der Waals surface area contributed by atoms with Crippen molar-refractivity contribution < 1.29 is 62.0 Å². The zero-order valence-electron chi connectivity index (χ0n) is 49.9. The Morgan fingerprint density at radius 3 is 2.39 bits per heavy atom. The van der Waals surface area contributed by atoms with E-state index in [4.69, 9.17) is 28.7 Å². The van der Waals surface area contributed by atoms with E-state index in [1.807, 2.05) is 39.8 Å². The number of carbonyl (C=O) groups is 8. The summed E-state index contributed by atoms with van der Waals surface area (Å²) in [7, 11) is 0. The van der Waals surface area contributed by atoms with Crippen LogP contribution in [0.3, 0.4) is 0 Å². The van der Waals surface area contributed by atoms with Crippen LogP contribution in [0.1, 0.15) is 165 Å². The number of hydrogen-bond acceptors (Lipinski definition) is 17. The highest BCUT2D eigenvalue weighted by Crippen LogP contribution is 2.43. The number of pyridine rings is 2. The summed E-state index contributed by atoms with van der Waals surface area (Å²) in [5.74, 6) is -2.73. The third-order valence-electron chi connectivity index (χ3n) is 17.2. The van der Waals surface area contributed by atoms with E-state index in [-0.39, 0.29) is 122 Å². The predicted molar refractivity (Wildman–Crippen MR) is 308 cm³/mol. The number of benzene rings is 1. The van der Waals surface area contributed by atoms with E-state index < -0.39 is 35.6 Å². The number of hydrogen-bond donors (Lipinski definition) is 1. The molecule has 3 aromatic heterocycles. The number of fused-ring (bicyclic) bond motifs is 5. The van der Waals surface area contributed by atoms with E-state index >= 15 is 0 Å². The zero-order valence-corrected chi connectivity index (χ0v) is 49.9. The summed E-state index contributed by atoms with van der Waals surface area (Å²) < 4.78 is 31.6. The lowest BCUT2D eigenvalue weighted by Gasteiger charge is -2.35. The van der Waals surface area contributed by atoms with Gasteiger partial charge in [0, 0.05) is 85.7 Å². The first-order valence-corrected chi connectivity index (χ1v) is 30.3. The quantitative estimate of drug-likeness (QED) is 0.0252. The normalized spacial score (nSPS) is 19.9. The van der Waals surface area contributed by atoms with E-state index in [0.29, 0.717) is 88.5 Å². The third kappa shape index (κ3) is 14.9. The fraction of sp³-hybridized carbons (Fsp3) is 0.619. The summed E-state index contributed by atoms with van der Waals surface area (Å²) in [6.07, 6.45) is 8.93. The van der Waals surface area contributed by atoms with Crippen LogP contribution in [-0.4, -0.2) is 122 Å². The average molecular weight is 1160 g/mol. The monoisotopic (exact) mass is 1160 g/mol. The molecule has 1 N–H and O–H groups in total. The topological polar surface area (TPSA) is 264 Å². The smallest absolute Gasteiger partial charge is 0.457 e. The number of nitrogens with zero attached hydrogens (tertiary/aromatic N) is 6.